The zero-order chi connectivity index (χ0) is 24.9. The van der Waals surface area contributed by atoms with E-state index in [0.717, 1.165) is 11.1 Å². The Balaban J connectivity index is 1.36. The summed E-state index contributed by atoms with van der Waals surface area (Å²) in [7, 11) is 0. The van der Waals surface area contributed by atoms with E-state index in [9.17, 15) is 9.59 Å². The van der Waals surface area contributed by atoms with Gasteiger partial charge < -0.3 is 5.32 Å². The van der Waals surface area contributed by atoms with E-state index in [-0.39, 0.29) is 17.4 Å². The molecule has 0 aliphatic heterocycles. The molecular weight excluding hydrogens is 450 g/mol. The van der Waals surface area contributed by atoms with E-state index < -0.39 is 0 Å². The third-order valence-corrected chi connectivity index (χ3v) is 6.59. The molecular formula is C29H29N5O2. The number of rotatable bonds is 9. The standard InChI is InChI=1S/C29H29N5O2/c1-21(23-12-6-3-7-13-23)20-30-27(35)17-16-26-31-32-29-33(19-18-22-10-4-2-5-11-22)28(36)24-14-8-9-15-25(24)34(26)29/h2-15,21H,16-20H2,1H3,(H,30,35)/t21-/m1/s1. The zero-order valence-electron chi connectivity index (χ0n) is 20.3. The highest BCUT2D eigenvalue weighted by Gasteiger charge is 2.17. The van der Waals surface area contributed by atoms with Gasteiger partial charge in [0.2, 0.25) is 11.7 Å². The lowest BCUT2D eigenvalue weighted by Crippen LogP contribution is -2.28. The molecule has 7 heteroatoms. The number of aryl methyl sites for hydroxylation is 3. The lowest BCUT2D eigenvalue weighted by molar-refractivity contribution is -0.121. The summed E-state index contributed by atoms with van der Waals surface area (Å²) in [4.78, 5) is 26.0. The van der Waals surface area contributed by atoms with Gasteiger partial charge in [0.15, 0.2) is 0 Å². The van der Waals surface area contributed by atoms with Crippen molar-refractivity contribution in [3.63, 3.8) is 0 Å². The van der Waals surface area contributed by atoms with Gasteiger partial charge in [0.05, 0.1) is 10.9 Å². The summed E-state index contributed by atoms with van der Waals surface area (Å²) in [6.45, 7) is 3.17. The van der Waals surface area contributed by atoms with Gasteiger partial charge in [0.1, 0.15) is 5.82 Å². The number of fused-ring (bicyclic) bond motifs is 3. The summed E-state index contributed by atoms with van der Waals surface area (Å²) in [5.74, 6) is 1.37. The van der Waals surface area contributed by atoms with E-state index in [1.165, 1.54) is 5.56 Å². The summed E-state index contributed by atoms with van der Waals surface area (Å²) in [5.41, 5.74) is 3.02. The van der Waals surface area contributed by atoms with Crippen LogP contribution in [0.15, 0.2) is 89.7 Å². The molecule has 7 nitrogen and oxygen atoms in total. The summed E-state index contributed by atoms with van der Waals surface area (Å²) >= 11 is 0. The highest BCUT2D eigenvalue weighted by molar-refractivity contribution is 5.80. The SMILES string of the molecule is C[C@H](CNC(=O)CCc1nnc2n(CCc3ccccc3)c(=O)c3ccccc3n12)c1ccccc1. The van der Waals surface area contributed by atoms with Crippen LogP contribution in [0.3, 0.4) is 0 Å². The second-order valence-corrected chi connectivity index (χ2v) is 9.08. The van der Waals surface area contributed by atoms with E-state index in [2.05, 4.69) is 46.7 Å². The van der Waals surface area contributed by atoms with Crippen LogP contribution in [0.2, 0.25) is 0 Å². The van der Waals surface area contributed by atoms with Crippen molar-refractivity contribution in [2.24, 2.45) is 0 Å². The normalized spacial score (nSPS) is 12.1. The molecule has 0 radical (unpaired) electrons. The number of para-hydroxylation sites is 1. The number of nitrogens with zero attached hydrogens (tertiary/aromatic N) is 4. The van der Waals surface area contributed by atoms with Crippen LogP contribution in [0, 0.1) is 0 Å². The number of nitrogens with one attached hydrogen (secondary N) is 1. The molecule has 182 valence electrons. The minimum absolute atomic E-state index is 0.0313. The van der Waals surface area contributed by atoms with Crippen molar-refractivity contribution in [2.45, 2.75) is 38.6 Å². The van der Waals surface area contributed by atoms with Crippen LogP contribution in [0.4, 0.5) is 0 Å². The highest BCUT2D eigenvalue weighted by atomic mass is 16.1. The monoisotopic (exact) mass is 479 g/mol. The third kappa shape index (κ3) is 4.91. The second-order valence-electron chi connectivity index (χ2n) is 9.08. The molecule has 0 saturated heterocycles. The quantitative estimate of drug-likeness (QED) is 0.345. The molecule has 2 aromatic heterocycles. The Labute approximate surface area is 209 Å². The Bertz CT molecular complexity index is 1540. The number of aromatic nitrogens is 4. The molecule has 0 aliphatic carbocycles. The minimum atomic E-state index is -0.0828. The van der Waals surface area contributed by atoms with E-state index in [4.69, 9.17) is 0 Å². The molecule has 5 rings (SSSR count). The molecule has 0 bridgehead atoms. The van der Waals surface area contributed by atoms with Crippen LogP contribution in [-0.2, 0) is 24.2 Å². The lowest BCUT2D eigenvalue weighted by atomic mass is 10.0. The number of hydrogen-bond acceptors (Lipinski definition) is 4. The largest absolute Gasteiger partial charge is 0.355 e. The maximum atomic E-state index is 13.3. The molecule has 2 heterocycles. The molecule has 0 unspecified atom stereocenters. The van der Waals surface area contributed by atoms with E-state index in [0.29, 0.717) is 49.3 Å². The molecule has 1 atom stereocenters. The first-order chi connectivity index (χ1) is 17.6. The fraction of sp³-hybridized carbons (Fsp3) is 0.241. The van der Waals surface area contributed by atoms with E-state index in [1.807, 2.05) is 65.1 Å². The third-order valence-electron chi connectivity index (χ3n) is 6.59. The Morgan fingerprint density at radius 2 is 1.58 bits per heavy atom. The minimum Gasteiger partial charge on any atom is -0.355 e. The molecule has 0 fully saturated rings. The van der Waals surface area contributed by atoms with Gasteiger partial charge in [-0.1, -0.05) is 79.7 Å². The molecule has 36 heavy (non-hydrogen) atoms. The number of amides is 1. The van der Waals surface area contributed by atoms with Crippen LogP contribution in [-0.4, -0.2) is 31.6 Å². The topological polar surface area (TPSA) is 81.3 Å². The predicted octanol–water partition coefficient (Wildman–Crippen LogP) is 4.14. The first kappa shape index (κ1) is 23.5. The lowest BCUT2D eigenvalue weighted by Gasteiger charge is -2.13. The average Bonchev–Trinajstić information content (AvgIpc) is 3.35. The van der Waals surface area contributed by atoms with E-state index in [1.54, 1.807) is 4.57 Å². The van der Waals surface area contributed by atoms with Crippen molar-refractivity contribution in [3.05, 3.63) is 112 Å². The van der Waals surface area contributed by atoms with Crippen molar-refractivity contribution >= 4 is 22.6 Å². The molecule has 0 saturated carbocycles. The van der Waals surface area contributed by atoms with Gasteiger partial charge in [-0.05, 0) is 35.6 Å². The van der Waals surface area contributed by atoms with Gasteiger partial charge in [-0.3, -0.25) is 18.6 Å². The van der Waals surface area contributed by atoms with Crippen LogP contribution >= 0.6 is 0 Å². The van der Waals surface area contributed by atoms with Gasteiger partial charge in [0, 0.05) is 25.9 Å². The smallest absolute Gasteiger partial charge is 0.262 e. The van der Waals surface area contributed by atoms with Gasteiger partial charge in [-0.2, -0.15) is 0 Å². The summed E-state index contributed by atoms with van der Waals surface area (Å²) in [6, 6.07) is 27.7. The van der Waals surface area contributed by atoms with Gasteiger partial charge >= 0.3 is 0 Å². The molecule has 0 spiro atoms. The molecule has 0 aliphatic rings. The number of carbonyl (C=O) groups is 1. The fourth-order valence-electron chi connectivity index (χ4n) is 4.54. The van der Waals surface area contributed by atoms with Gasteiger partial charge in [0.25, 0.3) is 5.56 Å². The summed E-state index contributed by atoms with van der Waals surface area (Å²) in [6.07, 6.45) is 1.42. The number of carbonyl (C=O) groups excluding carboxylic acids is 1. The Hall–Kier alpha value is -4.26. The maximum Gasteiger partial charge on any atom is 0.262 e. The van der Waals surface area contributed by atoms with E-state index >= 15 is 0 Å². The molecule has 1 N–H and O–H groups in total. The number of benzene rings is 3. The van der Waals surface area contributed by atoms with Gasteiger partial charge in [-0.15, -0.1) is 10.2 Å². The Morgan fingerprint density at radius 1 is 0.889 bits per heavy atom. The van der Waals surface area contributed by atoms with Crippen molar-refractivity contribution in [3.8, 4) is 0 Å². The first-order valence-electron chi connectivity index (χ1n) is 12.3. The first-order valence-corrected chi connectivity index (χ1v) is 12.3. The predicted molar refractivity (Wildman–Crippen MR) is 141 cm³/mol. The number of hydrogen-bond donors (Lipinski definition) is 1. The molecule has 3 aromatic carbocycles. The summed E-state index contributed by atoms with van der Waals surface area (Å²) in [5, 5.41) is 12.4. The van der Waals surface area contributed by atoms with Crippen molar-refractivity contribution in [1.29, 1.82) is 0 Å². The molecule has 1 amide bonds. The Kier molecular flexibility index (Phi) is 6.89. The molecule has 5 aromatic rings. The highest BCUT2D eigenvalue weighted by Crippen LogP contribution is 2.17. The Morgan fingerprint density at radius 3 is 2.36 bits per heavy atom. The van der Waals surface area contributed by atoms with Crippen LogP contribution in [0.5, 0.6) is 0 Å². The fourth-order valence-corrected chi connectivity index (χ4v) is 4.54. The zero-order valence-corrected chi connectivity index (χ0v) is 20.3. The van der Waals surface area contributed by atoms with Gasteiger partial charge in [-0.25, -0.2) is 0 Å². The van der Waals surface area contributed by atoms with Crippen LogP contribution in [0.1, 0.15) is 36.2 Å². The van der Waals surface area contributed by atoms with Crippen molar-refractivity contribution in [2.75, 3.05) is 6.54 Å². The van der Waals surface area contributed by atoms with Crippen molar-refractivity contribution in [1.82, 2.24) is 24.5 Å². The average molecular weight is 480 g/mol. The van der Waals surface area contributed by atoms with Crippen LogP contribution < -0.4 is 10.9 Å². The second kappa shape index (κ2) is 10.6. The maximum absolute atomic E-state index is 13.3. The summed E-state index contributed by atoms with van der Waals surface area (Å²) < 4.78 is 3.61. The van der Waals surface area contributed by atoms with Crippen LogP contribution in [0.25, 0.3) is 16.7 Å². The van der Waals surface area contributed by atoms with Crippen molar-refractivity contribution < 1.29 is 4.79 Å².